The first-order chi connectivity index (χ1) is 8.50. The Morgan fingerprint density at radius 1 is 1.44 bits per heavy atom. The Morgan fingerprint density at radius 3 is 2.83 bits per heavy atom. The number of methoxy groups -OCH3 is 1. The Balaban J connectivity index is 2.03. The summed E-state index contributed by atoms with van der Waals surface area (Å²) in [5.74, 6) is -0.0679. The lowest BCUT2D eigenvalue weighted by atomic mass is 9.94. The minimum atomic E-state index is -0.339. The number of anilines is 1. The fourth-order valence-electron chi connectivity index (χ4n) is 2.35. The van der Waals surface area contributed by atoms with Crippen LogP contribution in [0.3, 0.4) is 0 Å². The summed E-state index contributed by atoms with van der Waals surface area (Å²) in [5, 5.41) is 3.35. The molecule has 1 unspecified atom stereocenters. The fourth-order valence-corrected chi connectivity index (χ4v) is 2.35. The van der Waals surface area contributed by atoms with Gasteiger partial charge < -0.3 is 14.8 Å². The average Bonchev–Trinajstić information content (AvgIpc) is 2.28. The van der Waals surface area contributed by atoms with Crippen LogP contribution in [0.2, 0.25) is 0 Å². The number of benzene rings is 1. The van der Waals surface area contributed by atoms with Gasteiger partial charge in [0.15, 0.2) is 11.6 Å². The van der Waals surface area contributed by atoms with Crippen LogP contribution in [-0.2, 0) is 4.74 Å². The van der Waals surface area contributed by atoms with Gasteiger partial charge in [0.05, 0.1) is 12.7 Å². The van der Waals surface area contributed by atoms with Crippen molar-refractivity contribution in [3.8, 4) is 5.75 Å². The lowest BCUT2D eigenvalue weighted by molar-refractivity contribution is -0.0553. The summed E-state index contributed by atoms with van der Waals surface area (Å²) in [6, 6.07) is 5.27. The number of ether oxygens (including phenoxy) is 2. The van der Waals surface area contributed by atoms with Crippen molar-refractivity contribution in [3.05, 3.63) is 24.0 Å². The van der Waals surface area contributed by atoms with Gasteiger partial charge in [0.1, 0.15) is 0 Å². The maximum absolute atomic E-state index is 13.6. The molecule has 0 saturated carbocycles. The summed E-state index contributed by atoms with van der Waals surface area (Å²) in [6.07, 6.45) is 1.86. The highest BCUT2D eigenvalue weighted by Crippen LogP contribution is 2.27. The molecule has 0 aromatic heterocycles. The molecule has 0 spiro atoms. The highest BCUT2D eigenvalue weighted by atomic mass is 19.1. The molecule has 1 fully saturated rings. The van der Waals surface area contributed by atoms with Crippen molar-refractivity contribution in [2.75, 3.05) is 19.0 Å². The van der Waals surface area contributed by atoms with Crippen LogP contribution in [0.15, 0.2) is 18.2 Å². The second-order valence-electron chi connectivity index (χ2n) is 5.29. The zero-order chi connectivity index (χ0) is 13.2. The van der Waals surface area contributed by atoms with Crippen molar-refractivity contribution in [3.63, 3.8) is 0 Å². The Hall–Kier alpha value is -1.29. The number of nitrogens with one attached hydrogen (secondary N) is 1. The van der Waals surface area contributed by atoms with Crippen LogP contribution in [0.1, 0.15) is 26.7 Å². The molecule has 1 N–H and O–H groups in total. The van der Waals surface area contributed by atoms with E-state index in [0.29, 0.717) is 6.04 Å². The van der Waals surface area contributed by atoms with E-state index in [9.17, 15) is 4.39 Å². The molecule has 1 aliphatic rings. The molecular formula is C14H20FNO2. The molecule has 0 radical (unpaired) electrons. The molecule has 100 valence electrons. The lowest BCUT2D eigenvalue weighted by Crippen LogP contribution is -2.40. The van der Waals surface area contributed by atoms with Gasteiger partial charge in [-0.15, -0.1) is 0 Å². The summed E-state index contributed by atoms with van der Waals surface area (Å²) in [4.78, 5) is 0. The molecule has 1 heterocycles. The molecule has 0 aliphatic carbocycles. The third-order valence-corrected chi connectivity index (χ3v) is 3.22. The minimum absolute atomic E-state index is 0.110. The first kappa shape index (κ1) is 13.1. The smallest absolute Gasteiger partial charge is 0.167 e. The predicted molar refractivity (Wildman–Crippen MR) is 69.6 cm³/mol. The van der Waals surface area contributed by atoms with Gasteiger partial charge >= 0.3 is 0 Å². The third kappa shape index (κ3) is 3.13. The standard InChI is InChI=1S/C14H20FNO2/c1-14(2)9-11(6-7-18-14)16-10-4-5-13(17-3)12(15)8-10/h4-5,8,11,16H,6-7,9H2,1-3H3. The van der Waals surface area contributed by atoms with E-state index in [2.05, 4.69) is 19.2 Å². The van der Waals surface area contributed by atoms with E-state index in [1.807, 2.05) is 6.07 Å². The highest BCUT2D eigenvalue weighted by Gasteiger charge is 2.28. The van der Waals surface area contributed by atoms with Crippen LogP contribution < -0.4 is 10.1 Å². The molecule has 1 aliphatic heterocycles. The largest absolute Gasteiger partial charge is 0.494 e. The topological polar surface area (TPSA) is 30.5 Å². The van der Waals surface area contributed by atoms with Gasteiger partial charge in [0.2, 0.25) is 0 Å². The van der Waals surface area contributed by atoms with Crippen molar-refractivity contribution < 1.29 is 13.9 Å². The zero-order valence-corrected chi connectivity index (χ0v) is 11.1. The minimum Gasteiger partial charge on any atom is -0.494 e. The number of hydrogen-bond acceptors (Lipinski definition) is 3. The summed E-state index contributed by atoms with van der Waals surface area (Å²) >= 11 is 0. The monoisotopic (exact) mass is 253 g/mol. The number of halogens is 1. The van der Waals surface area contributed by atoms with E-state index in [1.54, 1.807) is 6.07 Å². The lowest BCUT2D eigenvalue weighted by Gasteiger charge is -2.36. The molecule has 3 nitrogen and oxygen atoms in total. The quantitative estimate of drug-likeness (QED) is 0.897. The molecule has 2 rings (SSSR count). The van der Waals surface area contributed by atoms with Crippen LogP contribution in [0.5, 0.6) is 5.75 Å². The predicted octanol–water partition coefficient (Wildman–Crippen LogP) is 3.20. The Morgan fingerprint density at radius 2 is 2.22 bits per heavy atom. The van der Waals surface area contributed by atoms with Crippen molar-refractivity contribution in [2.24, 2.45) is 0 Å². The van der Waals surface area contributed by atoms with E-state index in [4.69, 9.17) is 9.47 Å². The van der Waals surface area contributed by atoms with Crippen molar-refractivity contribution in [2.45, 2.75) is 38.3 Å². The molecule has 1 aromatic rings. The Labute approximate surface area is 107 Å². The van der Waals surface area contributed by atoms with Crippen LogP contribution in [-0.4, -0.2) is 25.4 Å². The van der Waals surface area contributed by atoms with Gasteiger partial charge in [0.25, 0.3) is 0 Å². The first-order valence-corrected chi connectivity index (χ1v) is 6.24. The van der Waals surface area contributed by atoms with Crippen LogP contribution in [0.25, 0.3) is 0 Å². The van der Waals surface area contributed by atoms with E-state index in [0.717, 1.165) is 25.1 Å². The van der Waals surface area contributed by atoms with Crippen LogP contribution in [0.4, 0.5) is 10.1 Å². The summed E-state index contributed by atoms with van der Waals surface area (Å²) in [6.45, 7) is 4.90. The summed E-state index contributed by atoms with van der Waals surface area (Å²) < 4.78 is 24.1. The van der Waals surface area contributed by atoms with E-state index in [1.165, 1.54) is 13.2 Å². The van der Waals surface area contributed by atoms with Crippen molar-refractivity contribution in [1.29, 1.82) is 0 Å². The zero-order valence-electron chi connectivity index (χ0n) is 11.1. The first-order valence-electron chi connectivity index (χ1n) is 6.24. The van der Waals surface area contributed by atoms with Gasteiger partial charge in [-0.1, -0.05) is 0 Å². The van der Waals surface area contributed by atoms with Crippen molar-refractivity contribution in [1.82, 2.24) is 0 Å². The van der Waals surface area contributed by atoms with Gasteiger partial charge in [-0.2, -0.15) is 0 Å². The van der Waals surface area contributed by atoms with E-state index < -0.39 is 0 Å². The second kappa shape index (κ2) is 5.14. The van der Waals surface area contributed by atoms with Crippen LogP contribution >= 0.6 is 0 Å². The molecular weight excluding hydrogens is 233 g/mol. The average molecular weight is 253 g/mol. The Bertz CT molecular complexity index is 420. The van der Waals surface area contributed by atoms with Gasteiger partial charge in [-0.3, -0.25) is 0 Å². The van der Waals surface area contributed by atoms with E-state index >= 15 is 0 Å². The van der Waals surface area contributed by atoms with Gasteiger partial charge in [-0.05, 0) is 38.8 Å². The van der Waals surface area contributed by atoms with Gasteiger partial charge in [-0.25, -0.2) is 4.39 Å². The number of hydrogen-bond donors (Lipinski definition) is 1. The highest BCUT2D eigenvalue weighted by molar-refractivity contribution is 5.48. The maximum Gasteiger partial charge on any atom is 0.167 e. The molecule has 1 aromatic carbocycles. The Kier molecular flexibility index (Phi) is 3.76. The molecule has 1 saturated heterocycles. The molecule has 4 heteroatoms. The molecule has 0 amide bonds. The fraction of sp³-hybridized carbons (Fsp3) is 0.571. The van der Waals surface area contributed by atoms with E-state index in [-0.39, 0.29) is 17.2 Å². The molecule has 18 heavy (non-hydrogen) atoms. The SMILES string of the molecule is COc1ccc(NC2CCOC(C)(C)C2)cc1F. The van der Waals surface area contributed by atoms with Crippen molar-refractivity contribution >= 4 is 5.69 Å². The summed E-state index contributed by atoms with van der Waals surface area (Å²) in [7, 11) is 1.46. The second-order valence-corrected chi connectivity index (χ2v) is 5.29. The van der Waals surface area contributed by atoms with Gasteiger partial charge in [0, 0.05) is 24.4 Å². The normalized spacial score (nSPS) is 22.6. The molecule has 1 atom stereocenters. The summed E-state index contributed by atoms with van der Waals surface area (Å²) in [5.41, 5.74) is 0.678. The maximum atomic E-state index is 13.6. The van der Waals surface area contributed by atoms with Crippen LogP contribution in [0, 0.1) is 5.82 Å². The third-order valence-electron chi connectivity index (χ3n) is 3.22. The molecule has 0 bridgehead atoms. The number of rotatable bonds is 3.